The molecule has 1 aliphatic heterocycles. The summed E-state index contributed by atoms with van der Waals surface area (Å²) in [6.45, 7) is 5.69. The molecule has 0 spiro atoms. The van der Waals surface area contributed by atoms with Gasteiger partial charge in [-0.25, -0.2) is 4.79 Å². The molecular weight excluding hydrogens is 256 g/mol. The lowest BCUT2D eigenvalue weighted by molar-refractivity contribution is -0.147. The molecule has 1 unspecified atom stereocenters. The summed E-state index contributed by atoms with van der Waals surface area (Å²) in [7, 11) is 3.34. The van der Waals surface area contributed by atoms with E-state index in [0.29, 0.717) is 0 Å². The molecule has 1 aromatic rings. The molecule has 6 heteroatoms. The fourth-order valence-electron chi connectivity index (χ4n) is 2.77. The van der Waals surface area contributed by atoms with Crippen LogP contribution in [0.5, 0.6) is 0 Å². The van der Waals surface area contributed by atoms with E-state index in [1.807, 2.05) is 13.2 Å². The van der Waals surface area contributed by atoms with Crippen LogP contribution in [-0.4, -0.2) is 53.9 Å². The zero-order chi connectivity index (χ0) is 14.5. The van der Waals surface area contributed by atoms with Crippen LogP contribution in [0.25, 0.3) is 0 Å². The number of hydrogen-bond donors (Lipinski definition) is 1. The van der Waals surface area contributed by atoms with Crippen molar-refractivity contribution in [2.24, 2.45) is 7.05 Å². The Hall–Kier alpha value is -1.40. The summed E-state index contributed by atoms with van der Waals surface area (Å²) in [5, 5.41) is 7.81. The molecule has 6 nitrogen and oxygen atoms in total. The molecular formula is C14H24N4O2. The first-order valence-electron chi connectivity index (χ1n) is 7.22. The standard InChI is InChI=1S/C14H24N4O2/c1-4-12-11(10-17(2)16-12)13(14(19)20-3)18-8-5-6-15-7-9-18/h10,13,15H,4-9H2,1-3H3. The van der Waals surface area contributed by atoms with Gasteiger partial charge >= 0.3 is 5.97 Å². The van der Waals surface area contributed by atoms with Crippen LogP contribution < -0.4 is 5.32 Å². The Bertz CT molecular complexity index is 450. The summed E-state index contributed by atoms with van der Waals surface area (Å²) in [4.78, 5) is 14.5. The normalized spacial score (nSPS) is 18.6. The van der Waals surface area contributed by atoms with Crippen LogP contribution in [0.4, 0.5) is 0 Å². The predicted molar refractivity (Wildman–Crippen MR) is 76.4 cm³/mol. The Morgan fingerprint density at radius 1 is 1.50 bits per heavy atom. The van der Waals surface area contributed by atoms with Crippen LogP contribution in [0.1, 0.15) is 30.6 Å². The number of carbonyl (C=O) groups excluding carboxylic acids is 1. The number of nitrogens with one attached hydrogen (secondary N) is 1. The number of hydrogen-bond acceptors (Lipinski definition) is 5. The van der Waals surface area contributed by atoms with Gasteiger partial charge in [0.05, 0.1) is 12.8 Å². The van der Waals surface area contributed by atoms with Crippen molar-refractivity contribution >= 4 is 5.97 Å². The number of carbonyl (C=O) groups is 1. The maximum Gasteiger partial charge on any atom is 0.327 e. The van der Waals surface area contributed by atoms with Gasteiger partial charge < -0.3 is 10.1 Å². The van der Waals surface area contributed by atoms with Crippen LogP contribution in [0.3, 0.4) is 0 Å². The lowest BCUT2D eigenvalue weighted by Gasteiger charge is -2.28. The van der Waals surface area contributed by atoms with Gasteiger partial charge in [-0.15, -0.1) is 0 Å². The van der Waals surface area contributed by atoms with Crippen molar-refractivity contribution in [3.05, 3.63) is 17.5 Å². The van der Waals surface area contributed by atoms with Crippen molar-refractivity contribution in [1.82, 2.24) is 20.0 Å². The number of rotatable bonds is 4. The average molecular weight is 280 g/mol. The van der Waals surface area contributed by atoms with Crippen LogP contribution in [0.15, 0.2) is 6.20 Å². The quantitative estimate of drug-likeness (QED) is 0.814. The molecule has 0 bridgehead atoms. The fourth-order valence-corrected chi connectivity index (χ4v) is 2.77. The highest BCUT2D eigenvalue weighted by Crippen LogP contribution is 2.26. The van der Waals surface area contributed by atoms with E-state index in [-0.39, 0.29) is 12.0 Å². The van der Waals surface area contributed by atoms with Gasteiger partial charge in [0.15, 0.2) is 0 Å². The van der Waals surface area contributed by atoms with E-state index in [2.05, 4.69) is 22.2 Å². The third-order valence-electron chi connectivity index (χ3n) is 3.73. The zero-order valence-corrected chi connectivity index (χ0v) is 12.6. The number of aryl methyl sites for hydroxylation is 2. The van der Waals surface area contributed by atoms with Gasteiger partial charge in [-0.1, -0.05) is 6.92 Å². The summed E-state index contributed by atoms with van der Waals surface area (Å²) in [5.41, 5.74) is 1.95. The molecule has 112 valence electrons. The minimum Gasteiger partial charge on any atom is -0.468 e. The molecule has 0 amide bonds. The van der Waals surface area contributed by atoms with E-state index in [9.17, 15) is 4.79 Å². The topological polar surface area (TPSA) is 59.4 Å². The minimum absolute atomic E-state index is 0.199. The van der Waals surface area contributed by atoms with E-state index < -0.39 is 0 Å². The lowest BCUT2D eigenvalue weighted by Crippen LogP contribution is -2.37. The Labute approximate surface area is 120 Å². The third-order valence-corrected chi connectivity index (χ3v) is 3.73. The zero-order valence-electron chi connectivity index (χ0n) is 12.6. The van der Waals surface area contributed by atoms with E-state index in [0.717, 1.165) is 50.3 Å². The highest BCUT2D eigenvalue weighted by molar-refractivity contribution is 5.77. The summed E-state index contributed by atoms with van der Waals surface area (Å²) < 4.78 is 6.81. The molecule has 0 radical (unpaired) electrons. The summed E-state index contributed by atoms with van der Waals surface area (Å²) in [6.07, 6.45) is 3.80. The first-order valence-corrected chi connectivity index (χ1v) is 7.22. The van der Waals surface area contributed by atoms with Gasteiger partial charge in [0.2, 0.25) is 0 Å². The van der Waals surface area contributed by atoms with E-state index in [1.165, 1.54) is 7.11 Å². The van der Waals surface area contributed by atoms with Crippen LogP contribution in [0.2, 0.25) is 0 Å². The summed E-state index contributed by atoms with van der Waals surface area (Å²) in [5.74, 6) is -0.199. The summed E-state index contributed by atoms with van der Waals surface area (Å²) in [6, 6.07) is -0.344. The minimum atomic E-state index is -0.344. The van der Waals surface area contributed by atoms with Crippen LogP contribution in [-0.2, 0) is 23.0 Å². The molecule has 1 fully saturated rings. The lowest BCUT2D eigenvalue weighted by atomic mass is 10.0. The first kappa shape index (κ1) is 15.0. The Kier molecular flexibility index (Phi) is 5.14. The van der Waals surface area contributed by atoms with Crippen molar-refractivity contribution in [1.29, 1.82) is 0 Å². The Morgan fingerprint density at radius 3 is 3.00 bits per heavy atom. The van der Waals surface area contributed by atoms with Crippen molar-refractivity contribution < 1.29 is 9.53 Å². The molecule has 20 heavy (non-hydrogen) atoms. The Balaban J connectivity index is 2.32. The molecule has 0 aromatic carbocycles. The van der Waals surface area contributed by atoms with E-state index in [1.54, 1.807) is 4.68 Å². The second-order valence-corrected chi connectivity index (χ2v) is 5.12. The largest absolute Gasteiger partial charge is 0.468 e. The molecule has 1 aliphatic rings. The van der Waals surface area contributed by atoms with Crippen molar-refractivity contribution in [3.8, 4) is 0 Å². The van der Waals surface area contributed by atoms with Gasteiger partial charge in [0.1, 0.15) is 6.04 Å². The SMILES string of the molecule is CCc1nn(C)cc1C(C(=O)OC)N1CCCNCC1. The third kappa shape index (κ3) is 3.19. The van der Waals surface area contributed by atoms with Gasteiger partial charge in [0, 0.05) is 38.4 Å². The molecule has 1 saturated heterocycles. The molecule has 0 saturated carbocycles. The molecule has 0 aliphatic carbocycles. The van der Waals surface area contributed by atoms with Gasteiger partial charge in [-0.2, -0.15) is 5.10 Å². The number of aromatic nitrogens is 2. The van der Waals surface area contributed by atoms with Crippen molar-refractivity contribution in [2.45, 2.75) is 25.8 Å². The fraction of sp³-hybridized carbons (Fsp3) is 0.714. The molecule has 2 heterocycles. The smallest absolute Gasteiger partial charge is 0.327 e. The Morgan fingerprint density at radius 2 is 2.30 bits per heavy atom. The average Bonchev–Trinajstić information content (AvgIpc) is 2.66. The van der Waals surface area contributed by atoms with Gasteiger partial charge in [-0.3, -0.25) is 9.58 Å². The summed E-state index contributed by atoms with van der Waals surface area (Å²) >= 11 is 0. The molecule has 2 rings (SSSR count). The number of methoxy groups -OCH3 is 1. The number of ether oxygens (including phenoxy) is 1. The highest BCUT2D eigenvalue weighted by Gasteiger charge is 2.32. The highest BCUT2D eigenvalue weighted by atomic mass is 16.5. The maximum absolute atomic E-state index is 12.3. The van der Waals surface area contributed by atoms with E-state index >= 15 is 0 Å². The first-order chi connectivity index (χ1) is 9.67. The molecule has 1 aromatic heterocycles. The second kappa shape index (κ2) is 6.85. The molecule has 1 N–H and O–H groups in total. The van der Waals surface area contributed by atoms with Gasteiger partial charge in [0.25, 0.3) is 0 Å². The number of nitrogens with zero attached hydrogens (tertiary/aromatic N) is 3. The van der Waals surface area contributed by atoms with Gasteiger partial charge in [-0.05, 0) is 19.4 Å². The molecule has 1 atom stereocenters. The predicted octanol–water partition coefficient (Wildman–Crippen LogP) is 0.492. The van der Waals surface area contributed by atoms with Crippen molar-refractivity contribution in [3.63, 3.8) is 0 Å². The van der Waals surface area contributed by atoms with Crippen LogP contribution >= 0.6 is 0 Å². The van der Waals surface area contributed by atoms with Crippen molar-refractivity contribution in [2.75, 3.05) is 33.3 Å². The second-order valence-electron chi connectivity index (χ2n) is 5.12. The maximum atomic E-state index is 12.3. The van der Waals surface area contributed by atoms with Crippen LogP contribution in [0, 0.1) is 0 Å². The number of esters is 1. The monoisotopic (exact) mass is 280 g/mol. The van der Waals surface area contributed by atoms with E-state index in [4.69, 9.17) is 4.74 Å².